The van der Waals surface area contributed by atoms with Crippen molar-refractivity contribution in [2.45, 2.75) is 6.61 Å². The lowest BCUT2D eigenvalue weighted by molar-refractivity contribution is 0.112. The van der Waals surface area contributed by atoms with Crippen LogP contribution < -0.4 is 4.74 Å². The van der Waals surface area contributed by atoms with Gasteiger partial charge in [-0.1, -0.05) is 30.3 Å². The van der Waals surface area contributed by atoms with E-state index in [0.29, 0.717) is 17.9 Å². The molecule has 0 N–H and O–H groups in total. The van der Waals surface area contributed by atoms with Crippen molar-refractivity contribution in [3.05, 3.63) is 60.2 Å². The van der Waals surface area contributed by atoms with E-state index in [9.17, 15) is 4.79 Å². The molecule has 0 amide bonds. The molecule has 0 saturated heterocycles. The molecule has 0 aliphatic rings. The first-order chi connectivity index (χ1) is 9.79. The number of carbonyl (C=O) groups is 1. The molecule has 0 unspecified atom stereocenters. The summed E-state index contributed by atoms with van der Waals surface area (Å²) in [4.78, 5) is 15.6. The van der Waals surface area contributed by atoms with E-state index in [4.69, 9.17) is 4.74 Å². The third-order valence-corrected chi connectivity index (χ3v) is 3.33. The molecule has 3 rings (SSSR count). The summed E-state index contributed by atoms with van der Waals surface area (Å²) in [6.07, 6.45) is 4.43. The predicted octanol–water partition coefficient (Wildman–Crippen LogP) is 2.96. The average Bonchev–Trinajstić information content (AvgIpc) is 2.89. The second kappa shape index (κ2) is 5.17. The monoisotopic (exact) mass is 266 g/mol. The molecule has 4 nitrogen and oxygen atoms in total. The van der Waals surface area contributed by atoms with Gasteiger partial charge in [0.25, 0.3) is 0 Å². The third-order valence-electron chi connectivity index (χ3n) is 3.33. The number of aromatic nitrogens is 2. The number of aryl methyl sites for hydroxylation is 1. The third kappa shape index (κ3) is 2.16. The second-order valence-electron chi connectivity index (χ2n) is 4.56. The van der Waals surface area contributed by atoms with Gasteiger partial charge >= 0.3 is 0 Å². The molecule has 4 heteroatoms. The molecule has 1 heterocycles. The Labute approximate surface area is 116 Å². The van der Waals surface area contributed by atoms with Crippen LogP contribution >= 0.6 is 0 Å². The van der Waals surface area contributed by atoms with Gasteiger partial charge in [0, 0.05) is 19.4 Å². The molecule has 0 saturated carbocycles. The van der Waals surface area contributed by atoms with Crippen LogP contribution in [0.2, 0.25) is 0 Å². The van der Waals surface area contributed by atoms with Crippen molar-refractivity contribution in [3.8, 4) is 5.75 Å². The molecule has 0 bridgehead atoms. The summed E-state index contributed by atoms with van der Waals surface area (Å²) >= 11 is 0. The van der Waals surface area contributed by atoms with Gasteiger partial charge in [0.05, 0.1) is 5.56 Å². The van der Waals surface area contributed by atoms with Crippen molar-refractivity contribution in [2.24, 2.45) is 7.05 Å². The van der Waals surface area contributed by atoms with Crippen LogP contribution in [0, 0.1) is 0 Å². The van der Waals surface area contributed by atoms with Crippen LogP contribution in [0.4, 0.5) is 0 Å². The number of imidazole rings is 1. The highest BCUT2D eigenvalue weighted by Gasteiger charge is 2.09. The van der Waals surface area contributed by atoms with E-state index < -0.39 is 0 Å². The lowest BCUT2D eigenvalue weighted by Crippen LogP contribution is -2.04. The minimum Gasteiger partial charge on any atom is -0.485 e. The number of fused-ring (bicyclic) bond motifs is 1. The minimum absolute atomic E-state index is 0.336. The standard InChI is InChI=1S/C16H14N2O2/c1-18-9-8-17-16(18)11-20-15-7-6-12-4-2-3-5-13(12)14(15)10-19/h2-10H,11H2,1H3. The van der Waals surface area contributed by atoms with Crippen LogP contribution in [0.1, 0.15) is 16.2 Å². The maximum atomic E-state index is 11.4. The SMILES string of the molecule is Cn1ccnc1COc1ccc2ccccc2c1C=O. The van der Waals surface area contributed by atoms with Crippen molar-refractivity contribution in [1.82, 2.24) is 9.55 Å². The highest BCUT2D eigenvalue weighted by Crippen LogP contribution is 2.27. The summed E-state index contributed by atoms with van der Waals surface area (Å²) in [5.74, 6) is 1.40. The fraction of sp³-hybridized carbons (Fsp3) is 0.125. The first-order valence-corrected chi connectivity index (χ1v) is 6.35. The molecular weight excluding hydrogens is 252 g/mol. The Bertz CT molecular complexity index is 762. The van der Waals surface area contributed by atoms with Crippen LogP contribution in [0.5, 0.6) is 5.75 Å². The van der Waals surface area contributed by atoms with Crippen LogP contribution in [0.3, 0.4) is 0 Å². The molecule has 0 radical (unpaired) electrons. The summed E-state index contributed by atoms with van der Waals surface area (Å²) in [7, 11) is 1.91. The molecule has 2 aromatic carbocycles. The van der Waals surface area contributed by atoms with Crippen LogP contribution in [0.15, 0.2) is 48.8 Å². The maximum Gasteiger partial charge on any atom is 0.154 e. The Hall–Kier alpha value is -2.62. The molecule has 0 atom stereocenters. The number of ether oxygens (including phenoxy) is 1. The molecule has 0 aliphatic carbocycles. The molecule has 1 aromatic heterocycles. The topological polar surface area (TPSA) is 44.1 Å². The molecule has 0 spiro atoms. The average molecular weight is 266 g/mol. The van der Waals surface area contributed by atoms with Gasteiger partial charge in [-0.2, -0.15) is 0 Å². The van der Waals surface area contributed by atoms with Crippen molar-refractivity contribution in [1.29, 1.82) is 0 Å². The van der Waals surface area contributed by atoms with Gasteiger partial charge in [0.2, 0.25) is 0 Å². The van der Waals surface area contributed by atoms with E-state index in [-0.39, 0.29) is 0 Å². The number of benzene rings is 2. The van der Waals surface area contributed by atoms with Gasteiger partial charge in [-0.05, 0) is 16.8 Å². The number of nitrogens with zero attached hydrogens (tertiary/aromatic N) is 2. The van der Waals surface area contributed by atoms with Crippen molar-refractivity contribution in [2.75, 3.05) is 0 Å². The second-order valence-corrected chi connectivity index (χ2v) is 4.56. The Kier molecular flexibility index (Phi) is 3.21. The van der Waals surface area contributed by atoms with Gasteiger partial charge < -0.3 is 9.30 Å². The number of aldehydes is 1. The number of rotatable bonds is 4. The van der Waals surface area contributed by atoms with Gasteiger partial charge in [-0.3, -0.25) is 4.79 Å². The first kappa shape index (κ1) is 12.4. The maximum absolute atomic E-state index is 11.4. The van der Waals surface area contributed by atoms with Crippen LogP contribution in [0.25, 0.3) is 10.8 Å². The molecule has 100 valence electrons. The predicted molar refractivity (Wildman–Crippen MR) is 76.9 cm³/mol. The fourth-order valence-corrected chi connectivity index (χ4v) is 2.20. The molecule has 20 heavy (non-hydrogen) atoms. The lowest BCUT2D eigenvalue weighted by Gasteiger charge is -2.10. The van der Waals surface area contributed by atoms with Gasteiger partial charge in [0.1, 0.15) is 18.2 Å². The quantitative estimate of drug-likeness (QED) is 0.682. The molecule has 0 aliphatic heterocycles. The number of hydrogen-bond acceptors (Lipinski definition) is 3. The zero-order valence-electron chi connectivity index (χ0n) is 11.1. The first-order valence-electron chi connectivity index (χ1n) is 6.35. The van der Waals surface area contributed by atoms with E-state index >= 15 is 0 Å². The van der Waals surface area contributed by atoms with E-state index in [0.717, 1.165) is 22.9 Å². The Morgan fingerprint density at radius 2 is 2.10 bits per heavy atom. The molecule has 3 aromatic rings. The highest BCUT2D eigenvalue weighted by molar-refractivity contribution is 6.00. The number of carbonyl (C=O) groups excluding carboxylic acids is 1. The van der Waals surface area contributed by atoms with E-state index in [1.807, 2.05) is 54.2 Å². The summed E-state index contributed by atoms with van der Waals surface area (Å²) in [6, 6.07) is 11.5. The Morgan fingerprint density at radius 1 is 1.25 bits per heavy atom. The lowest BCUT2D eigenvalue weighted by atomic mass is 10.0. The van der Waals surface area contributed by atoms with Crippen LogP contribution in [-0.2, 0) is 13.7 Å². The smallest absolute Gasteiger partial charge is 0.154 e. The van der Waals surface area contributed by atoms with E-state index in [1.165, 1.54) is 0 Å². The largest absolute Gasteiger partial charge is 0.485 e. The molecular formula is C16H14N2O2. The van der Waals surface area contributed by atoms with Gasteiger partial charge in [0.15, 0.2) is 6.29 Å². The normalized spacial score (nSPS) is 10.7. The zero-order valence-corrected chi connectivity index (χ0v) is 11.1. The summed E-state index contributed by atoms with van der Waals surface area (Å²) in [6.45, 7) is 0.336. The summed E-state index contributed by atoms with van der Waals surface area (Å²) in [5.41, 5.74) is 0.581. The Morgan fingerprint density at radius 3 is 2.85 bits per heavy atom. The molecule has 0 fully saturated rings. The van der Waals surface area contributed by atoms with E-state index in [1.54, 1.807) is 6.20 Å². The fourth-order valence-electron chi connectivity index (χ4n) is 2.20. The number of hydrogen-bond donors (Lipinski definition) is 0. The summed E-state index contributed by atoms with van der Waals surface area (Å²) < 4.78 is 7.64. The van der Waals surface area contributed by atoms with Crippen molar-refractivity contribution >= 4 is 17.1 Å². The van der Waals surface area contributed by atoms with Crippen molar-refractivity contribution < 1.29 is 9.53 Å². The van der Waals surface area contributed by atoms with E-state index in [2.05, 4.69) is 4.98 Å². The minimum atomic E-state index is 0.336. The van der Waals surface area contributed by atoms with Gasteiger partial charge in [-0.25, -0.2) is 4.98 Å². The highest BCUT2D eigenvalue weighted by atomic mass is 16.5. The summed E-state index contributed by atoms with van der Waals surface area (Å²) in [5, 5.41) is 1.93. The van der Waals surface area contributed by atoms with Crippen LogP contribution in [-0.4, -0.2) is 15.8 Å². The van der Waals surface area contributed by atoms with Crippen molar-refractivity contribution in [3.63, 3.8) is 0 Å². The Balaban J connectivity index is 1.95. The zero-order chi connectivity index (χ0) is 13.9. The van der Waals surface area contributed by atoms with Gasteiger partial charge in [-0.15, -0.1) is 0 Å².